The third-order valence-electron chi connectivity index (χ3n) is 3.61. The van der Waals surface area contributed by atoms with Crippen molar-refractivity contribution in [2.45, 2.75) is 37.8 Å². The first-order valence-corrected chi connectivity index (χ1v) is 5.78. The molecule has 1 heterocycles. The number of likely N-dealkylation sites (tertiary alicyclic amines) is 1. The second kappa shape index (κ2) is 4.49. The van der Waals surface area contributed by atoms with E-state index >= 15 is 0 Å². The highest BCUT2D eigenvalue weighted by atomic mass is 16.5. The highest BCUT2D eigenvalue weighted by molar-refractivity contribution is 5.79. The summed E-state index contributed by atoms with van der Waals surface area (Å²) in [5, 5.41) is 0. The molecule has 0 bridgehead atoms. The highest BCUT2D eigenvalue weighted by Gasteiger charge is 2.34. The summed E-state index contributed by atoms with van der Waals surface area (Å²) in [4.78, 5) is 14.0. The van der Waals surface area contributed by atoms with Crippen molar-refractivity contribution in [2.24, 2.45) is 11.7 Å². The minimum Gasteiger partial charge on any atom is -0.380 e. The van der Waals surface area contributed by atoms with Crippen LogP contribution in [0.25, 0.3) is 0 Å². The van der Waals surface area contributed by atoms with Gasteiger partial charge >= 0.3 is 0 Å². The molecule has 1 aliphatic carbocycles. The molecule has 1 amide bonds. The molecule has 2 rings (SSSR count). The van der Waals surface area contributed by atoms with Crippen LogP contribution in [0.4, 0.5) is 0 Å². The van der Waals surface area contributed by atoms with Gasteiger partial charge in [0.05, 0.1) is 6.10 Å². The Morgan fingerprint density at radius 3 is 2.73 bits per heavy atom. The van der Waals surface area contributed by atoms with Crippen LogP contribution in [0.3, 0.4) is 0 Å². The van der Waals surface area contributed by atoms with Crippen molar-refractivity contribution < 1.29 is 9.53 Å². The first-order valence-electron chi connectivity index (χ1n) is 5.78. The third kappa shape index (κ3) is 2.32. The van der Waals surface area contributed by atoms with Crippen LogP contribution in [-0.4, -0.2) is 43.2 Å². The Morgan fingerprint density at radius 1 is 1.40 bits per heavy atom. The van der Waals surface area contributed by atoms with E-state index in [2.05, 4.69) is 0 Å². The minimum atomic E-state index is 0.176. The van der Waals surface area contributed by atoms with Gasteiger partial charge in [-0.3, -0.25) is 4.79 Å². The standard InChI is InChI=1S/C11H20N2O2/c1-15-10-4-5-13(7-10)11(14)8-2-3-9(12)6-8/h8-10H,2-7,12H2,1H3/t8?,9?,10-/m1/s1. The molecule has 2 fully saturated rings. The van der Waals surface area contributed by atoms with Gasteiger partial charge in [0.2, 0.25) is 5.91 Å². The van der Waals surface area contributed by atoms with Crippen molar-refractivity contribution in [3.05, 3.63) is 0 Å². The summed E-state index contributed by atoms with van der Waals surface area (Å²) < 4.78 is 5.26. The highest BCUT2D eigenvalue weighted by Crippen LogP contribution is 2.27. The lowest BCUT2D eigenvalue weighted by Crippen LogP contribution is -2.34. The van der Waals surface area contributed by atoms with Crippen molar-refractivity contribution in [1.29, 1.82) is 0 Å². The Labute approximate surface area is 90.8 Å². The number of carbonyl (C=O) groups excluding carboxylic acids is 1. The van der Waals surface area contributed by atoms with Gasteiger partial charge in [0.1, 0.15) is 0 Å². The summed E-state index contributed by atoms with van der Waals surface area (Å²) in [6, 6.07) is 0.236. The van der Waals surface area contributed by atoms with E-state index in [1.807, 2.05) is 4.90 Å². The molecule has 4 heteroatoms. The molecule has 1 saturated carbocycles. The number of nitrogens with zero attached hydrogens (tertiary/aromatic N) is 1. The number of hydrogen-bond acceptors (Lipinski definition) is 3. The van der Waals surface area contributed by atoms with E-state index in [0.29, 0.717) is 5.91 Å². The van der Waals surface area contributed by atoms with Crippen LogP contribution < -0.4 is 5.73 Å². The van der Waals surface area contributed by atoms with Crippen LogP contribution >= 0.6 is 0 Å². The van der Waals surface area contributed by atoms with Crippen molar-refractivity contribution in [3.63, 3.8) is 0 Å². The molecule has 0 radical (unpaired) electrons. The zero-order valence-electron chi connectivity index (χ0n) is 9.32. The van der Waals surface area contributed by atoms with Crippen molar-refractivity contribution >= 4 is 5.91 Å². The van der Waals surface area contributed by atoms with Gasteiger partial charge in [-0.25, -0.2) is 0 Å². The topological polar surface area (TPSA) is 55.6 Å². The quantitative estimate of drug-likeness (QED) is 0.719. The van der Waals surface area contributed by atoms with Crippen LogP contribution in [0, 0.1) is 5.92 Å². The van der Waals surface area contributed by atoms with E-state index in [1.54, 1.807) is 7.11 Å². The lowest BCUT2D eigenvalue weighted by molar-refractivity contribution is -0.134. The van der Waals surface area contributed by atoms with Crippen LogP contribution in [-0.2, 0) is 9.53 Å². The van der Waals surface area contributed by atoms with E-state index in [4.69, 9.17) is 10.5 Å². The molecule has 3 atom stereocenters. The Balaban J connectivity index is 1.86. The monoisotopic (exact) mass is 212 g/mol. The Morgan fingerprint density at radius 2 is 2.20 bits per heavy atom. The molecule has 1 saturated heterocycles. The number of rotatable bonds is 2. The fourth-order valence-corrected chi connectivity index (χ4v) is 2.62. The average Bonchev–Trinajstić information content (AvgIpc) is 2.84. The van der Waals surface area contributed by atoms with E-state index in [-0.39, 0.29) is 18.1 Å². The molecule has 2 aliphatic rings. The molecular weight excluding hydrogens is 192 g/mol. The molecule has 0 aromatic rings. The van der Waals surface area contributed by atoms with Gasteiger partial charge in [-0.15, -0.1) is 0 Å². The van der Waals surface area contributed by atoms with Crippen LogP contribution in [0.5, 0.6) is 0 Å². The normalized spacial score (nSPS) is 36.1. The van der Waals surface area contributed by atoms with Crippen LogP contribution in [0.1, 0.15) is 25.7 Å². The largest absolute Gasteiger partial charge is 0.380 e. The summed E-state index contributed by atoms with van der Waals surface area (Å²) >= 11 is 0. The lowest BCUT2D eigenvalue weighted by atomic mass is 10.1. The van der Waals surface area contributed by atoms with Gasteiger partial charge in [0.15, 0.2) is 0 Å². The maximum absolute atomic E-state index is 12.1. The van der Waals surface area contributed by atoms with E-state index < -0.39 is 0 Å². The van der Waals surface area contributed by atoms with Gasteiger partial charge in [-0.1, -0.05) is 0 Å². The SMILES string of the molecule is CO[C@@H]1CCN(C(=O)C2CCC(N)C2)C1. The van der Waals surface area contributed by atoms with E-state index in [9.17, 15) is 4.79 Å². The molecule has 4 nitrogen and oxygen atoms in total. The van der Waals surface area contributed by atoms with E-state index in [1.165, 1.54) is 0 Å². The number of nitrogens with two attached hydrogens (primary N) is 1. The molecule has 0 aromatic carbocycles. The molecule has 2 unspecified atom stereocenters. The predicted molar refractivity (Wildman–Crippen MR) is 57.3 cm³/mol. The average molecular weight is 212 g/mol. The smallest absolute Gasteiger partial charge is 0.225 e. The fraction of sp³-hybridized carbons (Fsp3) is 0.909. The van der Waals surface area contributed by atoms with Crippen LogP contribution in [0.15, 0.2) is 0 Å². The summed E-state index contributed by atoms with van der Waals surface area (Å²) in [6.07, 6.45) is 4.05. The summed E-state index contributed by atoms with van der Waals surface area (Å²) in [7, 11) is 1.71. The Bertz CT molecular complexity index is 245. The molecule has 1 aliphatic heterocycles. The number of methoxy groups -OCH3 is 1. The Kier molecular flexibility index (Phi) is 3.26. The molecular formula is C11H20N2O2. The second-order valence-corrected chi connectivity index (χ2v) is 4.70. The van der Waals surface area contributed by atoms with Gasteiger partial charge < -0.3 is 15.4 Å². The van der Waals surface area contributed by atoms with Gasteiger partial charge in [-0.2, -0.15) is 0 Å². The molecule has 15 heavy (non-hydrogen) atoms. The summed E-state index contributed by atoms with van der Waals surface area (Å²) in [5.41, 5.74) is 5.82. The first-order chi connectivity index (χ1) is 7.20. The van der Waals surface area contributed by atoms with Gasteiger partial charge in [0.25, 0.3) is 0 Å². The minimum absolute atomic E-state index is 0.176. The second-order valence-electron chi connectivity index (χ2n) is 4.70. The first kappa shape index (κ1) is 10.9. The molecule has 2 N–H and O–H groups in total. The summed E-state index contributed by atoms with van der Waals surface area (Å²) in [6.45, 7) is 1.62. The van der Waals surface area contributed by atoms with E-state index in [0.717, 1.165) is 38.8 Å². The number of hydrogen-bond donors (Lipinski definition) is 1. The number of ether oxygens (including phenoxy) is 1. The summed E-state index contributed by atoms with van der Waals surface area (Å²) in [5.74, 6) is 0.470. The number of carbonyl (C=O) groups is 1. The van der Waals surface area contributed by atoms with Crippen LogP contribution in [0.2, 0.25) is 0 Å². The van der Waals surface area contributed by atoms with Crippen molar-refractivity contribution in [2.75, 3.05) is 20.2 Å². The molecule has 86 valence electrons. The third-order valence-corrected chi connectivity index (χ3v) is 3.61. The number of amides is 1. The maximum atomic E-state index is 12.1. The van der Waals surface area contributed by atoms with Gasteiger partial charge in [-0.05, 0) is 25.7 Å². The zero-order valence-corrected chi connectivity index (χ0v) is 9.32. The predicted octanol–water partition coefficient (Wildman–Crippen LogP) is 0.361. The molecule has 0 spiro atoms. The zero-order chi connectivity index (χ0) is 10.8. The van der Waals surface area contributed by atoms with Crippen molar-refractivity contribution in [3.8, 4) is 0 Å². The molecule has 0 aromatic heterocycles. The van der Waals surface area contributed by atoms with Gasteiger partial charge in [0, 0.05) is 32.2 Å². The van der Waals surface area contributed by atoms with Crippen molar-refractivity contribution in [1.82, 2.24) is 4.90 Å². The lowest BCUT2D eigenvalue weighted by Gasteiger charge is -2.20. The maximum Gasteiger partial charge on any atom is 0.225 e. The Hall–Kier alpha value is -0.610. The fourth-order valence-electron chi connectivity index (χ4n) is 2.62.